The number of hydrogen-bond donors (Lipinski definition) is 1. The van der Waals surface area contributed by atoms with E-state index in [1.807, 2.05) is 0 Å². The van der Waals surface area contributed by atoms with Crippen molar-refractivity contribution >= 4 is 16.0 Å². The lowest BCUT2D eigenvalue weighted by Crippen LogP contribution is -2.43. The summed E-state index contributed by atoms with van der Waals surface area (Å²) >= 11 is 0. The minimum atomic E-state index is -5.08. The number of aryl methyl sites for hydroxylation is 1. The molecule has 29 heavy (non-hydrogen) atoms. The zero-order valence-electron chi connectivity index (χ0n) is 15.6. The van der Waals surface area contributed by atoms with Crippen LogP contribution in [-0.4, -0.2) is 77.5 Å². The molecule has 0 aliphatic carbocycles. The highest BCUT2D eigenvalue weighted by molar-refractivity contribution is 7.89. The predicted octanol–water partition coefficient (Wildman–Crippen LogP) is 1.18. The van der Waals surface area contributed by atoms with Gasteiger partial charge in [0.2, 0.25) is 0 Å². The molecular formula is C16H22F3N3O6S. The molecule has 3 rings (SSSR count). The molecule has 13 heteroatoms. The number of carboxylic acid groups (broad SMARTS) is 1. The van der Waals surface area contributed by atoms with Gasteiger partial charge < -0.3 is 19.1 Å². The molecule has 0 aromatic carbocycles. The highest BCUT2D eigenvalue weighted by Crippen LogP contribution is 2.34. The smallest absolute Gasteiger partial charge is 0.475 e. The maximum Gasteiger partial charge on any atom is 0.490 e. The molecule has 9 nitrogen and oxygen atoms in total. The first-order valence-corrected chi connectivity index (χ1v) is 10.1. The van der Waals surface area contributed by atoms with Crippen LogP contribution in [0.1, 0.15) is 12.8 Å². The zero-order chi connectivity index (χ0) is 21.8. The molecule has 164 valence electrons. The van der Waals surface area contributed by atoms with Crippen LogP contribution < -0.4 is 0 Å². The Bertz CT molecular complexity index is 826. The van der Waals surface area contributed by atoms with Gasteiger partial charge in [0.05, 0.1) is 25.1 Å². The Labute approximate surface area is 165 Å². The molecule has 1 aromatic rings. The first kappa shape index (κ1) is 23.3. The summed E-state index contributed by atoms with van der Waals surface area (Å²) in [5.74, 6) is -2.76. The largest absolute Gasteiger partial charge is 0.490 e. The van der Waals surface area contributed by atoms with E-state index in [4.69, 9.17) is 19.4 Å². The Morgan fingerprint density at radius 3 is 2.69 bits per heavy atom. The predicted molar refractivity (Wildman–Crippen MR) is 93.5 cm³/mol. The van der Waals surface area contributed by atoms with Crippen LogP contribution in [0.5, 0.6) is 0 Å². The molecule has 1 N–H and O–H groups in total. The maximum atomic E-state index is 12.8. The summed E-state index contributed by atoms with van der Waals surface area (Å²) in [7, 11) is -1.88. The number of rotatable bonds is 5. The molecule has 2 aliphatic heterocycles. The van der Waals surface area contributed by atoms with Crippen molar-refractivity contribution < 1.29 is 41.0 Å². The Morgan fingerprint density at radius 1 is 1.52 bits per heavy atom. The second-order valence-corrected chi connectivity index (χ2v) is 8.30. The molecule has 1 aromatic heterocycles. The summed E-state index contributed by atoms with van der Waals surface area (Å²) < 4.78 is 72.0. The van der Waals surface area contributed by atoms with Gasteiger partial charge in [-0.2, -0.15) is 17.5 Å². The lowest BCUT2D eigenvalue weighted by molar-refractivity contribution is -0.192. The van der Waals surface area contributed by atoms with E-state index in [2.05, 4.69) is 11.6 Å². The fraction of sp³-hybridized carbons (Fsp3) is 0.625. The fourth-order valence-electron chi connectivity index (χ4n) is 3.12. The van der Waals surface area contributed by atoms with Crippen LogP contribution in [0, 0.1) is 0 Å². The van der Waals surface area contributed by atoms with Gasteiger partial charge in [-0.1, -0.05) is 6.08 Å². The van der Waals surface area contributed by atoms with Crippen molar-refractivity contribution in [2.75, 3.05) is 19.8 Å². The Hall–Kier alpha value is -1.96. The highest BCUT2D eigenvalue weighted by atomic mass is 32.2. The highest BCUT2D eigenvalue weighted by Gasteiger charge is 2.50. The molecule has 2 aliphatic rings. The fourth-order valence-corrected chi connectivity index (χ4v) is 4.77. The maximum absolute atomic E-state index is 12.8. The summed E-state index contributed by atoms with van der Waals surface area (Å²) in [5.41, 5.74) is 0. The van der Waals surface area contributed by atoms with Gasteiger partial charge in [-0.3, -0.25) is 0 Å². The summed E-state index contributed by atoms with van der Waals surface area (Å²) in [5, 5.41) is 7.20. The van der Waals surface area contributed by atoms with E-state index in [-0.39, 0.29) is 23.3 Å². The van der Waals surface area contributed by atoms with E-state index < -0.39 is 22.2 Å². The first-order chi connectivity index (χ1) is 13.5. The third kappa shape index (κ3) is 5.56. The van der Waals surface area contributed by atoms with E-state index in [1.165, 1.54) is 16.8 Å². The number of ether oxygens (including phenoxy) is 2. The molecule has 0 spiro atoms. The van der Waals surface area contributed by atoms with Crippen LogP contribution in [0.3, 0.4) is 0 Å². The van der Waals surface area contributed by atoms with Gasteiger partial charge in [-0.25, -0.2) is 18.2 Å². The van der Waals surface area contributed by atoms with E-state index in [0.717, 1.165) is 12.8 Å². The van der Waals surface area contributed by atoms with Crippen molar-refractivity contribution in [2.45, 2.75) is 42.3 Å². The van der Waals surface area contributed by atoms with Gasteiger partial charge in [0.1, 0.15) is 6.10 Å². The second kappa shape index (κ2) is 9.24. The molecule has 0 radical (unpaired) electrons. The number of fused-ring (bicyclic) bond motifs is 1. The van der Waals surface area contributed by atoms with Crippen molar-refractivity contribution in [1.82, 2.24) is 13.9 Å². The first-order valence-electron chi connectivity index (χ1n) is 8.62. The van der Waals surface area contributed by atoms with E-state index >= 15 is 0 Å². The van der Waals surface area contributed by atoms with Crippen LogP contribution >= 0.6 is 0 Å². The standard InChI is InChI=1S/C14H21N3O4S.C2HF3O2/c1-3-6-20-12-8-17(11-5-4-7-21-14(11)12)22(18,19)13-9-16(2)10-15-13;3-2(4,5)1(6)7/h3,9-12,14H,1,4-8H2,2H3;(H,6,7)/t11-,12+,14+;/m1./s1. The molecule has 3 atom stereocenters. The number of halogens is 3. The average molecular weight is 441 g/mol. The SMILES string of the molecule is C=CCO[C@H]1CN(S(=O)(=O)c2cn(C)cn2)[C@@H]2CCCO[C@H]12.O=C(O)C(F)(F)F. The third-order valence-corrected chi connectivity index (χ3v) is 6.13. The molecular weight excluding hydrogens is 419 g/mol. The molecule has 0 amide bonds. The van der Waals surface area contributed by atoms with Crippen molar-refractivity contribution in [2.24, 2.45) is 7.05 Å². The minimum Gasteiger partial charge on any atom is -0.475 e. The average Bonchev–Trinajstić information content (AvgIpc) is 3.24. The summed E-state index contributed by atoms with van der Waals surface area (Å²) in [6.07, 6.45) is 0.742. The van der Waals surface area contributed by atoms with E-state index in [1.54, 1.807) is 17.7 Å². The van der Waals surface area contributed by atoms with Crippen LogP contribution in [0.4, 0.5) is 13.2 Å². The lowest BCUT2D eigenvalue weighted by Gasteiger charge is -2.31. The topological polar surface area (TPSA) is 111 Å². The van der Waals surface area contributed by atoms with Crippen LogP contribution in [0.25, 0.3) is 0 Å². The Kier molecular flexibility index (Phi) is 7.43. The van der Waals surface area contributed by atoms with Gasteiger partial charge in [0.25, 0.3) is 10.0 Å². The second-order valence-electron chi connectivity index (χ2n) is 6.46. The number of carboxylic acids is 1. The minimum absolute atomic E-state index is 0.0729. The van der Waals surface area contributed by atoms with Gasteiger partial charge in [0, 0.05) is 26.4 Å². The number of carbonyl (C=O) groups is 1. The van der Waals surface area contributed by atoms with Crippen molar-refractivity contribution in [1.29, 1.82) is 0 Å². The number of nitrogens with zero attached hydrogens (tertiary/aromatic N) is 3. The Balaban J connectivity index is 0.000000370. The molecule has 0 unspecified atom stereocenters. The molecule has 0 saturated carbocycles. The summed E-state index contributed by atoms with van der Waals surface area (Å²) in [6, 6.07) is -0.185. The monoisotopic (exact) mass is 441 g/mol. The van der Waals surface area contributed by atoms with Gasteiger partial charge in [-0.05, 0) is 12.8 Å². The number of imidazole rings is 1. The van der Waals surface area contributed by atoms with Crippen molar-refractivity contribution in [3.8, 4) is 0 Å². The van der Waals surface area contributed by atoms with Crippen LogP contribution in [0.2, 0.25) is 0 Å². The molecule has 2 saturated heterocycles. The number of aliphatic carboxylic acids is 1. The van der Waals surface area contributed by atoms with Crippen LogP contribution in [0.15, 0.2) is 30.2 Å². The summed E-state index contributed by atoms with van der Waals surface area (Å²) in [6.45, 7) is 4.96. The molecule has 0 bridgehead atoms. The van der Waals surface area contributed by atoms with Gasteiger partial charge in [0.15, 0.2) is 5.03 Å². The number of hydrogen-bond acceptors (Lipinski definition) is 6. The lowest BCUT2D eigenvalue weighted by atomic mass is 10.0. The van der Waals surface area contributed by atoms with Gasteiger partial charge in [-0.15, -0.1) is 6.58 Å². The normalized spacial score (nSPS) is 25.0. The van der Waals surface area contributed by atoms with Gasteiger partial charge >= 0.3 is 12.1 Å². The van der Waals surface area contributed by atoms with Crippen molar-refractivity contribution in [3.63, 3.8) is 0 Å². The number of aromatic nitrogens is 2. The number of sulfonamides is 1. The molecule has 2 fully saturated rings. The summed E-state index contributed by atoms with van der Waals surface area (Å²) in [4.78, 5) is 12.9. The quantitative estimate of drug-likeness (QED) is 0.683. The van der Waals surface area contributed by atoms with Crippen LogP contribution in [-0.2, 0) is 31.3 Å². The van der Waals surface area contributed by atoms with E-state index in [0.29, 0.717) is 19.8 Å². The third-order valence-electron chi connectivity index (χ3n) is 4.35. The Morgan fingerprint density at radius 2 is 2.17 bits per heavy atom. The zero-order valence-corrected chi connectivity index (χ0v) is 16.4. The number of alkyl halides is 3. The van der Waals surface area contributed by atoms with E-state index in [9.17, 15) is 21.6 Å². The molecule has 3 heterocycles. The van der Waals surface area contributed by atoms with Crippen molar-refractivity contribution in [3.05, 3.63) is 25.2 Å².